The van der Waals surface area contributed by atoms with Gasteiger partial charge in [0.1, 0.15) is 4.83 Å². The van der Waals surface area contributed by atoms with Gasteiger partial charge in [-0.1, -0.05) is 6.07 Å². The number of fused-ring (bicyclic) bond motifs is 2. The van der Waals surface area contributed by atoms with E-state index < -0.39 is 23.3 Å². The van der Waals surface area contributed by atoms with Gasteiger partial charge in [0.05, 0.1) is 11.1 Å². The number of carbonyl (C=O) groups is 1. The number of benzene rings is 2. The van der Waals surface area contributed by atoms with Gasteiger partial charge in [-0.15, -0.1) is 11.3 Å². The van der Waals surface area contributed by atoms with Gasteiger partial charge in [-0.05, 0) is 41.3 Å². The average molecular weight is 473 g/mol. The molecule has 3 heterocycles. The van der Waals surface area contributed by atoms with Crippen LogP contribution in [0.25, 0.3) is 21.6 Å². The summed E-state index contributed by atoms with van der Waals surface area (Å²) in [6, 6.07) is 9.06. The highest BCUT2D eigenvalue weighted by Gasteiger charge is 2.38. The van der Waals surface area contributed by atoms with E-state index in [0.29, 0.717) is 21.7 Å². The molecule has 5 rings (SSSR count). The molecule has 0 saturated heterocycles. The topological polar surface area (TPSA) is 93.6 Å². The molecule has 0 radical (unpaired) electrons. The first kappa shape index (κ1) is 21.0. The lowest BCUT2D eigenvalue weighted by atomic mass is 9.98. The molecule has 2 N–H and O–H groups in total. The predicted molar refractivity (Wildman–Crippen MR) is 115 cm³/mol. The molecule has 2 aromatic carbocycles. The molecule has 0 unspecified atom stereocenters. The first-order valence-corrected chi connectivity index (χ1v) is 10.5. The minimum absolute atomic E-state index is 0.0786. The molecule has 0 amide bonds. The van der Waals surface area contributed by atoms with E-state index >= 15 is 0 Å². The van der Waals surface area contributed by atoms with Crippen LogP contribution >= 0.6 is 11.3 Å². The number of ether oxygens (including phenoxy) is 2. The number of nitrogens with zero attached hydrogens (tertiary/aromatic N) is 2. The van der Waals surface area contributed by atoms with Crippen LogP contribution in [-0.4, -0.2) is 27.8 Å². The quantitative estimate of drug-likeness (QED) is 0.400. The number of aromatic nitrogens is 2. The molecule has 4 aromatic rings. The summed E-state index contributed by atoms with van der Waals surface area (Å²) >= 11 is 1.28. The van der Waals surface area contributed by atoms with Crippen LogP contribution in [0, 0.1) is 0 Å². The van der Waals surface area contributed by atoms with Crippen molar-refractivity contribution < 1.29 is 32.5 Å². The predicted octanol–water partition coefficient (Wildman–Crippen LogP) is 5.42. The molecule has 0 aliphatic carbocycles. The van der Waals surface area contributed by atoms with Crippen molar-refractivity contribution in [3.05, 3.63) is 64.7 Å². The highest BCUT2D eigenvalue weighted by molar-refractivity contribution is 7.16. The Morgan fingerprint density at radius 3 is 2.76 bits per heavy atom. The van der Waals surface area contributed by atoms with E-state index in [4.69, 9.17) is 9.47 Å². The van der Waals surface area contributed by atoms with Gasteiger partial charge < -0.3 is 19.9 Å². The van der Waals surface area contributed by atoms with E-state index in [9.17, 15) is 23.1 Å². The molecule has 11 heteroatoms. The first-order valence-electron chi connectivity index (χ1n) is 9.61. The maximum Gasteiger partial charge on any atom is 0.417 e. The van der Waals surface area contributed by atoms with E-state index in [2.05, 4.69) is 15.3 Å². The summed E-state index contributed by atoms with van der Waals surface area (Å²) in [5.74, 6) is -0.675. The van der Waals surface area contributed by atoms with Crippen LogP contribution in [-0.2, 0) is 12.7 Å². The fourth-order valence-corrected chi connectivity index (χ4v) is 4.25. The number of hydrogen-bond donors (Lipinski definition) is 2. The van der Waals surface area contributed by atoms with E-state index in [0.717, 1.165) is 11.6 Å². The maximum atomic E-state index is 13.8. The molecule has 0 fully saturated rings. The Hall–Kier alpha value is -3.86. The molecule has 1 aliphatic rings. The molecule has 33 heavy (non-hydrogen) atoms. The van der Waals surface area contributed by atoms with Crippen LogP contribution in [0.2, 0.25) is 0 Å². The second-order valence-corrected chi connectivity index (χ2v) is 8.06. The Morgan fingerprint density at radius 2 is 1.97 bits per heavy atom. The van der Waals surface area contributed by atoms with Crippen LogP contribution < -0.4 is 14.8 Å². The maximum absolute atomic E-state index is 13.8. The van der Waals surface area contributed by atoms with Gasteiger partial charge in [-0.2, -0.15) is 13.2 Å². The van der Waals surface area contributed by atoms with Crippen molar-refractivity contribution in [2.75, 3.05) is 12.1 Å². The third-order valence-electron chi connectivity index (χ3n) is 5.04. The van der Waals surface area contributed by atoms with Crippen molar-refractivity contribution >= 4 is 33.2 Å². The van der Waals surface area contributed by atoms with E-state index in [-0.39, 0.29) is 30.4 Å². The number of nitrogens with one attached hydrogen (secondary N) is 1. The third-order valence-corrected chi connectivity index (χ3v) is 5.86. The molecule has 2 aromatic heterocycles. The lowest BCUT2D eigenvalue weighted by molar-refractivity contribution is -0.138. The Balaban J connectivity index is 1.58. The van der Waals surface area contributed by atoms with Gasteiger partial charge in [-0.3, -0.25) is 0 Å². The Kier molecular flexibility index (Phi) is 5.05. The van der Waals surface area contributed by atoms with Crippen LogP contribution in [0.15, 0.2) is 48.0 Å². The highest BCUT2D eigenvalue weighted by Crippen LogP contribution is 2.39. The summed E-state index contributed by atoms with van der Waals surface area (Å²) in [4.78, 5) is 20.8. The number of thiophene rings is 1. The number of carboxylic acid groups (broad SMARTS) is 1. The molecular formula is C22H14F3N3O4S. The van der Waals surface area contributed by atoms with Crippen LogP contribution in [0.4, 0.5) is 18.9 Å². The second kappa shape index (κ2) is 7.93. The van der Waals surface area contributed by atoms with E-state index in [1.807, 2.05) is 0 Å². The largest absolute Gasteiger partial charge is 0.478 e. The van der Waals surface area contributed by atoms with Crippen molar-refractivity contribution in [2.45, 2.75) is 12.7 Å². The summed E-state index contributed by atoms with van der Waals surface area (Å²) in [5, 5.41) is 15.1. The summed E-state index contributed by atoms with van der Waals surface area (Å²) in [6.07, 6.45) is -3.44. The van der Waals surface area contributed by atoms with E-state index in [1.54, 1.807) is 29.6 Å². The normalized spacial score (nSPS) is 12.8. The van der Waals surface area contributed by atoms with Crippen LogP contribution in [0.3, 0.4) is 0 Å². The molecule has 168 valence electrons. The summed E-state index contributed by atoms with van der Waals surface area (Å²) < 4.78 is 52.1. The zero-order valence-electron chi connectivity index (χ0n) is 16.6. The smallest absolute Gasteiger partial charge is 0.417 e. The minimum atomic E-state index is -4.90. The molecule has 0 atom stereocenters. The SMILES string of the molecule is O=C(O)c1c(-c2ncc3ccsc3n2)cc(NCc2ccc3c(c2)OCO3)cc1C(F)(F)F. The van der Waals surface area contributed by atoms with Gasteiger partial charge >= 0.3 is 12.1 Å². The fraction of sp³-hybridized carbons (Fsp3) is 0.136. The van der Waals surface area contributed by atoms with Gasteiger partial charge in [0, 0.05) is 29.4 Å². The van der Waals surface area contributed by atoms with Gasteiger partial charge in [-0.25, -0.2) is 14.8 Å². The molecular weight excluding hydrogens is 459 g/mol. The number of rotatable bonds is 5. The molecule has 7 nitrogen and oxygen atoms in total. The molecule has 1 aliphatic heterocycles. The molecule has 0 saturated carbocycles. The number of aromatic carboxylic acids is 1. The van der Waals surface area contributed by atoms with Crippen LogP contribution in [0.1, 0.15) is 21.5 Å². The van der Waals surface area contributed by atoms with Gasteiger partial charge in [0.2, 0.25) is 6.79 Å². The lowest BCUT2D eigenvalue weighted by Gasteiger charge is -2.17. The summed E-state index contributed by atoms with van der Waals surface area (Å²) in [6.45, 7) is 0.278. The summed E-state index contributed by atoms with van der Waals surface area (Å²) in [5.41, 5.74) is -1.58. The van der Waals surface area contributed by atoms with Crippen molar-refractivity contribution in [2.24, 2.45) is 0 Å². The first-order chi connectivity index (χ1) is 15.8. The second-order valence-electron chi connectivity index (χ2n) is 7.17. The minimum Gasteiger partial charge on any atom is -0.478 e. The standard InChI is InChI=1S/C22H14F3N3O4S/c23-22(24,25)15-7-13(26-8-11-1-2-16-17(5-11)32-10-31-16)6-14(18(15)21(29)30)19-27-9-12-3-4-33-20(12)28-19/h1-7,9,26H,8,10H2,(H,29,30). The highest BCUT2D eigenvalue weighted by atomic mass is 32.1. The van der Waals surface area contributed by atoms with Crippen LogP contribution in [0.5, 0.6) is 11.5 Å². The number of alkyl halides is 3. The number of halogens is 3. The number of anilines is 1. The van der Waals surface area contributed by atoms with Crippen molar-refractivity contribution in [3.63, 3.8) is 0 Å². The van der Waals surface area contributed by atoms with Crippen molar-refractivity contribution in [1.82, 2.24) is 9.97 Å². The monoisotopic (exact) mass is 473 g/mol. The van der Waals surface area contributed by atoms with Gasteiger partial charge in [0.25, 0.3) is 0 Å². The zero-order chi connectivity index (χ0) is 23.2. The number of carboxylic acids is 1. The summed E-state index contributed by atoms with van der Waals surface area (Å²) in [7, 11) is 0. The average Bonchev–Trinajstić information content (AvgIpc) is 3.44. The Labute approximate surface area is 188 Å². The van der Waals surface area contributed by atoms with Crippen molar-refractivity contribution in [1.29, 1.82) is 0 Å². The number of hydrogen-bond acceptors (Lipinski definition) is 7. The Bertz CT molecular complexity index is 1390. The molecule has 0 bridgehead atoms. The van der Waals surface area contributed by atoms with E-state index in [1.165, 1.54) is 23.6 Å². The zero-order valence-corrected chi connectivity index (χ0v) is 17.5. The lowest BCUT2D eigenvalue weighted by Crippen LogP contribution is -2.16. The Morgan fingerprint density at radius 1 is 1.15 bits per heavy atom. The fourth-order valence-electron chi connectivity index (χ4n) is 3.52. The van der Waals surface area contributed by atoms with Crippen molar-refractivity contribution in [3.8, 4) is 22.9 Å². The van der Waals surface area contributed by atoms with Gasteiger partial charge in [0.15, 0.2) is 17.3 Å². The third kappa shape index (κ3) is 4.02. The molecule has 0 spiro atoms.